The number of rotatable bonds is 4. The predicted molar refractivity (Wildman–Crippen MR) is 80.7 cm³/mol. The van der Waals surface area contributed by atoms with Crippen molar-refractivity contribution in [2.75, 3.05) is 0 Å². The Bertz CT molecular complexity index is 664. The Labute approximate surface area is 128 Å². The normalized spacial score (nSPS) is 10.3. The van der Waals surface area contributed by atoms with Gasteiger partial charge in [0.1, 0.15) is 29.0 Å². The van der Waals surface area contributed by atoms with Crippen molar-refractivity contribution in [3.05, 3.63) is 63.6 Å². The van der Waals surface area contributed by atoms with Crippen LogP contribution < -0.4 is 10.5 Å². The van der Waals surface area contributed by atoms with Crippen LogP contribution >= 0.6 is 28.1 Å². The minimum atomic E-state index is -0.434. The van der Waals surface area contributed by atoms with Crippen molar-refractivity contribution in [3.63, 3.8) is 0 Å². The number of nitrogens with two attached hydrogens (primary N) is 1. The number of hydrogen-bond donors (Lipinski definition) is 1. The van der Waals surface area contributed by atoms with Crippen LogP contribution in [0.15, 0.2) is 40.9 Å². The van der Waals surface area contributed by atoms with Crippen molar-refractivity contribution in [2.45, 2.75) is 6.61 Å². The summed E-state index contributed by atoms with van der Waals surface area (Å²) in [7, 11) is 0. The molecule has 20 heavy (non-hydrogen) atoms. The second kappa shape index (κ2) is 6.28. The van der Waals surface area contributed by atoms with Crippen LogP contribution in [0.4, 0.5) is 8.78 Å². The highest BCUT2D eigenvalue weighted by molar-refractivity contribution is 9.10. The van der Waals surface area contributed by atoms with E-state index in [-0.39, 0.29) is 11.6 Å². The second-order valence-corrected chi connectivity index (χ2v) is 5.32. The summed E-state index contributed by atoms with van der Waals surface area (Å²) in [6.07, 6.45) is 0. The molecule has 0 atom stereocenters. The third kappa shape index (κ3) is 3.52. The maximum atomic E-state index is 13.3. The fourth-order valence-electron chi connectivity index (χ4n) is 1.65. The highest BCUT2D eigenvalue weighted by atomic mass is 79.9. The van der Waals surface area contributed by atoms with Gasteiger partial charge in [0.2, 0.25) is 0 Å². The minimum absolute atomic E-state index is 0.0471. The van der Waals surface area contributed by atoms with Crippen LogP contribution in [0.3, 0.4) is 0 Å². The van der Waals surface area contributed by atoms with E-state index in [1.165, 1.54) is 30.3 Å². The summed E-state index contributed by atoms with van der Waals surface area (Å²) in [5.41, 5.74) is 6.62. The summed E-state index contributed by atoms with van der Waals surface area (Å²) in [4.78, 5) is 0.158. The lowest BCUT2D eigenvalue weighted by molar-refractivity contribution is 0.303. The first-order valence-corrected chi connectivity index (χ1v) is 6.83. The first-order valence-electron chi connectivity index (χ1n) is 5.63. The quantitative estimate of drug-likeness (QED) is 0.841. The van der Waals surface area contributed by atoms with E-state index < -0.39 is 11.6 Å². The minimum Gasteiger partial charge on any atom is -0.489 e. The molecular formula is C14H10BrF2NOS. The Kier molecular flexibility index (Phi) is 4.67. The van der Waals surface area contributed by atoms with E-state index in [1.54, 1.807) is 6.07 Å². The Morgan fingerprint density at radius 1 is 1.20 bits per heavy atom. The van der Waals surface area contributed by atoms with Crippen LogP contribution in [-0.4, -0.2) is 4.99 Å². The van der Waals surface area contributed by atoms with E-state index in [1.807, 2.05) is 0 Å². The van der Waals surface area contributed by atoms with Crippen molar-refractivity contribution in [1.82, 2.24) is 0 Å². The van der Waals surface area contributed by atoms with E-state index in [2.05, 4.69) is 15.9 Å². The lowest BCUT2D eigenvalue weighted by atomic mass is 10.1. The van der Waals surface area contributed by atoms with Gasteiger partial charge in [-0.3, -0.25) is 0 Å². The third-order valence-corrected chi connectivity index (χ3v) is 3.48. The molecule has 0 fully saturated rings. The molecule has 0 heterocycles. The Hall–Kier alpha value is -1.53. The van der Waals surface area contributed by atoms with Crippen molar-refractivity contribution >= 4 is 33.1 Å². The lowest BCUT2D eigenvalue weighted by Gasteiger charge is -2.11. The average molecular weight is 358 g/mol. The number of ether oxygens (including phenoxy) is 1. The first kappa shape index (κ1) is 14.9. The zero-order valence-electron chi connectivity index (χ0n) is 10.2. The molecule has 6 heteroatoms. The van der Waals surface area contributed by atoms with Gasteiger partial charge in [-0.2, -0.15) is 0 Å². The number of halogens is 3. The van der Waals surface area contributed by atoms with Crippen LogP contribution in [0.25, 0.3) is 0 Å². The number of benzene rings is 2. The average Bonchev–Trinajstić information content (AvgIpc) is 2.40. The van der Waals surface area contributed by atoms with Crippen LogP contribution in [-0.2, 0) is 6.61 Å². The maximum absolute atomic E-state index is 13.3. The predicted octanol–water partition coefficient (Wildman–Crippen LogP) is 3.94. The topological polar surface area (TPSA) is 35.2 Å². The van der Waals surface area contributed by atoms with Crippen molar-refractivity contribution in [3.8, 4) is 5.75 Å². The Morgan fingerprint density at radius 3 is 2.60 bits per heavy atom. The standard InChI is InChI=1S/C14H10BrF2NOS/c15-12-4-2-10(6-13(12)17)19-7-8-5-9(16)1-3-11(8)14(18)20/h1-6H,7H2,(H2,18,20). The summed E-state index contributed by atoms with van der Waals surface area (Å²) < 4.78 is 32.4. The van der Waals surface area contributed by atoms with Gasteiger partial charge in [-0.1, -0.05) is 12.2 Å². The molecule has 2 rings (SSSR count). The Balaban J connectivity index is 2.20. The largest absolute Gasteiger partial charge is 0.489 e. The maximum Gasteiger partial charge on any atom is 0.141 e. The molecule has 0 bridgehead atoms. The molecule has 0 aliphatic heterocycles. The van der Waals surface area contributed by atoms with E-state index in [9.17, 15) is 8.78 Å². The van der Waals surface area contributed by atoms with Crippen LogP contribution in [0.5, 0.6) is 5.75 Å². The van der Waals surface area contributed by atoms with E-state index in [0.717, 1.165) is 0 Å². The third-order valence-electron chi connectivity index (χ3n) is 2.62. The zero-order chi connectivity index (χ0) is 14.7. The highest BCUT2D eigenvalue weighted by Crippen LogP contribution is 2.22. The molecule has 0 aliphatic rings. The fourth-order valence-corrected chi connectivity index (χ4v) is 2.10. The van der Waals surface area contributed by atoms with Gasteiger partial charge in [-0.15, -0.1) is 0 Å². The molecule has 0 aliphatic carbocycles. The van der Waals surface area contributed by atoms with Gasteiger partial charge < -0.3 is 10.5 Å². The summed E-state index contributed by atoms with van der Waals surface area (Å²) >= 11 is 7.95. The van der Waals surface area contributed by atoms with Crippen LogP contribution in [0.2, 0.25) is 0 Å². The molecule has 0 amide bonds. The molecule has 104 valence electrons. The van der Waals surface area contributed by atoms with Gasteiger partial charge in [0, 0.05) is 17.2 Å². The first-order chi connectivity index (χ1) is 9.47. The summed E-state index contributed by atoms with van der Waals surface area (Å²) in [5, 5.41) is 0. The van der Waals surface area contributed by atoms with E-state index in [4.69, 9.17) is 22.7 Å². The van der Waals surface area contributed by atoms with Gasteiger partial charge >= 0.3 is 0 Å². The number of thiocarbonyl (C=S) groups is 1. The van der Waals surface area contributed by atoms with Gasteiger partial charge in [-0.25, -0.2) is 8.78 Å². The summed E-state index contributed by atoms with van der Waals surface area (Å²) in [5.74, 6) is -0.509. The van der Waals surface area contributed by atoms with Crippen molar-refractivity contribution in [1.29, 1.82) is 0 Å². The lowest BCUT2D eigenvalue weighted by Crippen LogP contribution is -2.13. The van der Waals surface area contributed by atoms with Gasteiger partial charge in [0.25, 0.3) is 0 Å². The van der Waals surface area contributed by atoms with Crippen molar-refractivity contribution < 1.29 is 13.5 Å². The highest BCUT2D eigenvalue weighted by Gasteiger charge is 2.08. The molecule has 0 spiro atoms. The second-order valence-electron chi connectivity index (χ2n) is 4.03. The molecular weight excluding hydrogens is 348 g/mol. The molecule has 2 aromatic rings. The van der Waals surface area contributed by atoms with Gasteiger partial charge in [-0.05, 0) is 46.3 Å². The van der Waals surface area contributed by atoms with E-state index in [0.29, 0.717) is 21.3 Å². The molecule has 0 unspecified atom stereocenters. The van der Waals surface area contributed by atoms with Gasteiger partial charge in [0.15, 0.2) is 0 Å². The molecule has 0 aromatic heterocycles. The summed E-state index contributed by atoms with van der Waals surface area (Å²) in [6, 6.07) is 8.45. The molecule has 2 aromatic carbocycles. The molecule has 0 saturated heterocycles. The van der Waals surface area contributed by atoms with Crippen LogP contribution in [0.1, 0.15) is 11.1 Å². The molecule has 2 N–H and O–H groups in total. The fraction of sp³-hybridized carbons (Fsp3) is 0.0714. The Morgan fingerprint density at radius 2 is 1.95 bits per heavy atom. The SMILES string of the molecule is NC(=S)c1ccc(F)cc1COc1ccc(Br)c(F)c1. The molecule has 0 radical (unpaired) electrons. The zero-order valence-corrected chi connectivity index (χ0v) is 12.6. The molecule has 2 nitrogen and oxygen atoms in total. The van der Waals surface area contributed by atoms with Crippen LogP contribution in [0, 0.1) is 11.6 Å². The van der Waals surface area contributed by atoms with Crippen molar-refractivity contribution in [2.24, 2.45) is 5.73 Å². The summed E-state index contributed by atoms with van der Waals surface area (Å²) in [6.45, 7) is 0.0471. The smallest absolute Gasteiger partial charge is 0.141 e. The monoisotopic (exact) mass is 357 g/mol. The van der Waals surface area contributed by atoms with E-state index >= 15 is 0 Å². The number of hydrogen-bond acceptors (Lipinski definition) is 2. The van der Waals surface area contributed by atoms with Gasteiger partial charge in [0.05, 0.1) is 4.47 Å². The molecule has 0 saturated carbocycles.